The quantitative estimate of drug-likeness (QED) is 0.719. The number of rotatable bonds is 3. The topological polar surface area (TPSA) is 23.4 Å². The molecule has 0 spiro atoms. The molecule has 0 atom stereocenters. The monoisotopic (exact) mass is 267 g/mol. The van der Waals surface area contributed by atoms with Gasteiger partial charge in [-0.3, -0.25) is 0 Å². The van der Waals surface area contributed by atoms with Crippen LogP contribution in [-0.4, -0.2) is 18.8 Å². The zero-order valence-corrected chi connectivity index (χ0v) is 11.9. The van der Waals surface area contributed by atoms with Crippen LogP contribution < -0.4 is 9.47 Å². The maximum absolute atomic E-state index is 5.68. The number of aromatic nitrogens is 1. The van der Waals surface area contributed by atoms with E-state index in [1.807, 2.05) is 37.4 Å². The smallest absolute Gasteiger partial charge is 0.156 e. The molecule has 1 heterocycles. The molecule has 0 saturated carbocycles. The van der Waals surface area contributed by atoms with E-state index in [-0.39, 0.29) is 0 Å². The Morgan fingerprint density at radius 3 is 2.25 bits per heavy atom. The Hall–Kier alpha value is -2.42. The fraction of sp³-hybridized carbons (Fsp3) is 0.176. The molecule has 0 N–H and O–H groups in total. The van der Waals surface area contributed by atoms with Crippen molar-refractivity contribution in [2.24, 2.45) is 7.05 Å². The van der Waals surface area contributed by atoms with Crippen molar-refractivity contribution in [3.8, 4) is 22.8 Å². The van der Waals surface area contributed by atoms with Crippen molar-refractivity contribution >= 4 is 10.9 Å². The molecule has 0 aliphatic heterocycles. The third-order valence-electron chi connectivity index (χ3n) is 3.61. The highest BCUT2D eigenvalue weighted by Crippen LogP contribution is 2.43. The summed E-state index contributed by atoms with van der Waals surface area (Å²) in [7, 11) is 5.43. The summed E-state index contributed by atoms with van der Waals surface area (Å²) < 4.78 is 13.3. The second-order valence-corrected chi connectivity index (χ2v) is 4.66. The van der Waals surface area contributed by atoms with Gasteiger partial charge < -0.3 is 14.0 Å². The molecular weight excluding hydrogens is 250 g/mol. The lowest BCUT2D eigenvalue weighted by molar-refractivity contribution is 0.406. The number of benzene rings is 2. The zero-order chi connectivity index (χ0) is 14.1. The van der Waals surface area contributed by atoms with Gasteiger partial charge in [-0.05, 0) is 12.1 Å². The van der Waals surface area contributed by atoms with E-state index in [1.54, 1.807) is 14.2 Å². The fourth-order valence-electron chi connectivity index (χ4n) is 2.71. The zero-order valence-electron chi connectivity index (χ0n) is 11.9. The summed E-state index contributed by atoms with van der Waals surface area (Å²) in [4.78, 5) is 0. The molecule has 2 aromatic carbocycles. The van der Waals surface area contributed by atoms with E-state index in [0.717, 1.165) is 33.7 Å². The predicted octanol–water partition coefficient (Wildman–Crippen LogP) is 3.86. The molecule has 0 amide bonds. The fourth-order valence-corrected chi connectivity index (χ4v) is 2.71. The van der Waals surface area contributed by atoms with Crippen LogP contribution in [-0.2, 0) is 7.05 Å². The molecule has 20 heavy (non-hydrogen) atoms. The number of aryl methyl sites for hydroxylation is 1. The van der Waals surface area contributed by atoms with Crippen LogP contribution in [0.25, 0.3) is 22.2 Å². The van der Waals surface area contributed by atoms with Gasteiger partial charge in [0.1, 0.15) is 5.75 Å². The summed E-state index contributed by atoms with van der Waals surface area (Å²) in [6.45, 7) is 0. The van der Waals surface area contributed by atoms with Crippen molar-refractivity contribution in [1.82, 2.24) is 4.57 Å². The first-order chi connectivity index (χ1) is 9.77. The van der Waals surface area contributed by atoms with Crippen molar-refractivity contribution in [3.05, 3.63) is 48.5 Å². The first kappa shape index (κ1) is 12.6. The molecule has 3 aromatic rings. The van der Waals surface area contributed by atoms with Crippen molar-refractivity contribution in [1.29, 1.82) is 0 Å². The molecule has 102 valence electrons. The summed E-state index contributed by atoms with van der Waals surface area (Å²) in [6.07, 6.45) is 0. The minimum Gasteiger partial charge on any atom is -0.496 e. The van der Waals surface area contributed by atoms with Gasteiger partial charge >= 0.3 is 0 Å². The molecule has 0 unspecified atom stereocenters. The molecule has 0 radical (unpaired) electrons. The van der Waals surface area contributed by atoms with E-state index in [0.29, 0.717) is 0 Å². The number of hydrogen-bond acceptors (Lipinski definition) is 2. The average molecular weight is 267 g/mol. The van der Waals surface area contributed by atoms with E-state index in [1.165, 1.54) is 0 Å². The number of hydrogen-bond donors (Lipinski definition) is 0. The first-order valence-corrected chi connectivity index (χ1v) is 6.52. The van der Waals surface area contributed by atoms with Crippen molar-refractivity contribution < 1.29 is 9.47 Å². The summed E-state index contributed by atoms with van der Waals surface area (Å²) in [5.41, 5.74) is 3.29. The number of fused-ring (bicyclic) bond motifs is 1. The number of methoxy groups -OCH3 is 2. The van der Waals surface area contributed by atoms with E-state index in [2.05, 4.69) is 22.8 Å². The van der Waals surface area contributed by atoms with Gasteiger partial charge in [-0.1, -0.05) is 36.4 Å². The average Bonchev–Trinajstić information content (AvgIpc) is 2.80. The summed E-state index contributed by atoms with van der Waals surface area (Å²) >= 11 is 0. The van der Waals surface area contributed by atoms with E-state index in [4.69, 9.17) is 9.47 Å². The maximum atomic E-state index is 5.68. The second kappa shape index (κ2) is 4.93. The first-order valence-electron chi connectivity index (χ1n) is 6.52. The van der Waals surface area contributed by atoms with Crippen LogP contribution in [0.5, 0.6) is 11.5 Å². The molecule has 3 nitrogen and oxygen atoms in total. The van der Waals surface area contributed by atoms with Crippen molar-refractivity contribution in [2.75, 3.05) is 14.2 Å². The molecule has 3 heteroatoms. The summed E-state index contributed by atoms with van der Waals surface area (Å²) in [5.74, 6) is 1.68. The Balaban J connectivity index is 2.41. The van der Waals surface area contributed by atoms with E-state index < -0.39 is 0 Å². The van der Waals surface area contributed by atoms with E-state index >= 15 is 0 Å². The van der Waals surface area contributed by atoms with Gasteiger partial charge in [0.15, 0.2) is 5.75 Å². The van der Waals surface area contributed by atoms with Gasteiger partial charge in [-0.25, -0.2) is 0 Å². The van der Waals surface area contributed by atoms with Gasteiger partial charge in [-0.15, -0.1) is 0 Å². The van der Waals surface area contributed by atoms with Crippen LogP contribution in [0.2, 0.25) is 0 Å². The lowest BCUT2D eigenvalue weighted by Gasteiger charge is -2.07. The van der Waals surface area contributed by atoms with Crippen LogP contribution >= 0.6 is 0 Å². The Kier molecular flexibility index (Phi) is 3.11. The van der Waals surface area contributed by atoms with Gasteiger partial charge in [0.2, 0.25) is 0 Å². The highest BCUT2D eigenvalue weighted by Gasteiger charge is 2.20. The standard InChI is InChI=1S/C17H17NO2/c1-18-13-10-7-11-14(19-2)15(13)17(20-3)16(18)12-8-5-4-6-9-12/h4-11H,1-3H3. The second-order valence-electron chi connectivity index (χ2n) is 4.66. The normalized spacial score (nSPS) is 10.8. The maximum Gasteiger partial charge on any atom is 0.156 e. The Morgan fingerprint density at radius 1 is 0.850 bits per heavy atom. The third-order valence-corrected chi connectivity index (χ3v) is 3.61. The molecule has 0 saturated heterocycles. The molecule has 0 fully saturated rings. The van der Waals surface area contributed by atoms with Crippen LogP contribution in [0.15, 0.2) is 48.5 Å². The minimum absolute atomic E-state index is 0.831. The van der Waals surface area contributed by atoms with Gasteiger partial charge in [-0.2, -0.15) is 0 Å². The summed E-state index contributed by atoms with van der Waals surface area (Å²) in [5, 5.41) is 1.01. The van der Waals surface area contributed by atoms with Crippen LogP contribution in [0, 0.1) is 0 Å². The highest BCUT2D eigenvalue weighted by molar-refractivity contribution is 5.99. The lowest BCUT2D eigenvalue weighted by atomic mass is 10.1. The molecule has 0 bridgehead atoms. The van der Waals surface area contributed by atoms with Crippen LogP contribution in [0.4, 0.5) is 0 Å². The SMILES string of the molecule is COc1cccc2c1c(OC)c(-c1ccccc1)n2C. The van der Waals surface area contributed by atoms with Crippen LogP contribution in [0.3, 0.4) is 0 Å². The predicted molar refractivity (Wildman–Crippen MR) is 81.5 cm³/mol. The Morgan fingerprint density at radius 2 is 1.60 bits per heavy atom. The minimum atomic E-state index is 0.831. The molecule has 0 aliphatic carbocycles. The van der Waals surface area contributed by atoms with Gasteiger partial charge in [0.05, 0.1) is 30.8 Å². The Labute approximate surface area is 118 Å². The molecular formula is C17H17NO2. The Bertz CT molecular complexity index is 745. The third kappa shape index (κ3) is 1.74. The number of ether oxygens (including phenoxy) is 2. The highest BCUT2D eigenvalue weighted by atomic mass is 16.5. The van der Waals surface area contributed by atoms with Gasteiger partial charge in [0.25, 0.3) is 0 Å². The van der Waals surface area contributed by atoms with Crippen molar-refractivity contribution in [3.63, 3.8) is 0 Å². The molecule has 3 rings (SSSR count). The van der Waals surface area contributed by atoms with Gasteiger partial charge in [0, 0.05) is 12.6 Å². The number of nitrogens with zero attached hydrogens (tertiary/aromatic N) is 1. The van der Waals surface area contributed by atoms with E-state index in [9.17, 15) is 0 Å². The lowest BCUT2D eigenvalue weighted by Crippen LogP contribution is -1.92. The summed E-state index contributed by atoms with van der Waals surface area (Å²) in [6, 6.07) is 16.3. The molecule has 1 aromatic heterocycles. The largest absolute Gasteiger partial charge is 0.496 e. The van der Waals surface area contributed by atoms with Crippen LogP contribution in [0.1, 0.15) is 0 Å². The van der Waals surface area contributed by atoms with Crippen molar-refractivity contribution in [2.45, 2.75) is 0 Å². The molecule has 0 aliphatic rings.